The summed E-state index contributed by atoms with van der Waals surface area (Å²) in [6, 6.07) is 0.709. The van der Waals surface area contributed by atoms with E-state index in [9.17, 15) is 5.11 Å². The van der Waals surface area contributed by atoms with Gasteiger partial charge in [-0.2, -0.15) is 0 Å². The molecule has 2 fully saturated rings. The third-order valence-electron chi connectivity index (χ3n) is 4.77. The van der Waals surface area contributed by atoms with Gasteiger partial charge in [0.15, 0.2) is 0 Å². The highest BCUT2D eigenvalue weighted by Gasteiger charge is 2.36. The van der Waals surface area contributed by atoms with Gasteiger partial charge in [-0.05, 0) is 38.0 Å². The predicted octanol–water partition coefficient (Wildman–Crippen LogP) is 2.71. The van der Waals surface area contributed by atoms with Gasteiger partial charge in [0.25, 0.3) is 0 Å². The summed E-state index contributed by atoms with van der Waals surface area (Å²) in [5, 5.41) is 13.8. The molecule has 0 saturated heterocycles. The molecular formula is C14H27NO. The molecule has 0 aromatic carbocycles. The van der Waals surface area contributed by atoms with E-state index in [4.69, 9.17) is 0 Å². The first-order chi connectivity index (χ1) is 7.60. The maximum absolute atomic E-state index is 10.1. The average molecular weight is 225 g/mol. The number of aliphatic hydroxyl groups excluding tert-OH is 1. The zero-order chi connectivity index (χ0) is 11.6. The Balaban J connectivity index is 1.79. The molecule has 2 rings (SSSR count). The van der Waals surface area contributed by atoms with Crippen LogP contribution in [0.2, 0.25) is 0 Å². The minimum atomic E-state index is -0.0902. The van der Waals surface area contributed by atoms with Crippen molar-refractivity contribution in [3.8, 4) is 0 Å². The van der Waals surface area contributed by atoms with Gasteiger partial charge in [0.05, 0.1) is 6.10 Å². The average Bonchev–Trinajstić information content (AvgIpc) is 2.67. The van der Waals surface area contributed by atoms with Crippen LogP contribution in [0.15, 0.2) is 0 Å². The molecule has 0 heterocycles. The lowest BCUT2D eigenvalue weighted by Crippen LogP contribution is -2.45. The van der Waals surface area contributed by atoms with E-state index >= 15 is 0 Å². The van der Waals surface area contributed by atoms with E-state index in [-0.39, 0.29) is 11.5 Å². The molecule has 16 heavy (non-hydrogen) atoms. The second kappa shape index (κ2) is 5.05. The lowest BCUT2D eigenvalue weighted by molar-refractivity contribution is -0.000201. The molecule has 2 nitrogen and oxygen atoms in total. The zero-order valence-corrected chi connectivity index (χ0v) is 10.8. The fraction of sp³-hybridized carbons (Fsp3) is 1.00. The van der Waals surface area contributed by atoms with Crippen LogP contribution in [-0.2, 0) is 0 Å². The van der Waals surface area contributed by atoms with E-state index in [0.29, 0.717) is 6.04 Å². The highest BCUT2D eigenvalue weighted by Crippen LogP contribution is 2.36. The molecule has 0 aromatic rings. The summed E-state index contributed by atoms with van der Waals surface area (Å²) in [4.78, 5) is 0. The highest BCUT2D eigenvalue weighted by atomic mass is 16.3. The molecule has 4 unspecified atom stereocenters. The van der Waals surface area contributed by atoms with Crippen molar-refractivity contribution < 1.29 is 5.11 Å². The lowest BCUT2D eigenvalue weighted by Gasteiger charge is -2.39. The smallest absolute Gasteiger partial charge is 0.0605 e. The normalized spacial score (nSPS) is 44.8. The van der Waals surface area contributed by atoms with E-state index in [1.807, 2.05) is 0 Å². The Bertz CT molecular complexity index is 231. The number of hydrogen-bond acceptors (Lipinski definition) is 2. The van der Waals surface area contributed by atoms with Gasteiger partial charge < -0.3 is 10.4 Å². The maximum Gasteiger partial charge on any atom is 0.0605 e. The van der Waals surface area contributed by atoms with Crippen LogP contribution >= 0.6 is 0 Å². The number of rotatable bonds is 3. The Morgan fingerprint density at radius 2 is 2.06 bits per heavy atom. The van der Waals surface area contributed by atoms with Crippen LogP contribution in [-0.4, -0.2) is 23.8 Å². The lowest BCUT2D eigenvalue weighted by atomic mass is 9.73. The second-order valence-electron chi connectivity index (χ2n) is 6.41. The quantitative estimate of drug-likeness (QED) is 0.774. The Labute approximate surface area is 99.8 Å². The van der Waals surface area contributed by atoms with Crippen LogP contribution in [0.5, 0.6) is 0 Å². The Kier molecular flexibility index (Phi) is 3.91. The zero-order valence-electron chi connectivity index (χ0n) is 10.8. The topological polar surface area (TPSA) is 32.3 Å². The first-order valence-electron chi connectivity index (χ1n) is 7.01. The molecule has 0 amide bonds. The van der Waals surface area contributed by atoms with Crippen molar-refractivity contribution in [1.29, 1.82) is 0 Å². The molecule has 2 aliphatic carbocycles. The van der Waals surface area contributed by atoms with Gasteiger partial charge in [0.1, 0.15) is 0 Å². The van der Waals surface area contributed by atoms with E-state index in [1.54, 1.807) is 0 Å². The summed E-state index contributed by atoms with van der Waals surface area (Å²) in [6.45, 7) is 5.60. The van der Waals surface area contributed by atoms with Crippen LogP contribution in [0, 0.1) is 11.3 Å². The molecule has 4 atom stereocenters. The Hall–Kier alpha value is -0.0800. The first kappa shape index (κ1) is 12.4. The van der Waals surface area contributed by atoms with Crippen LogP contribution in [0.25, 0.3) is 0 Å². The molecule has 0 bridgehead atoms. The third-order valence-corrected chi connectivity index (χ3v) is 4.77. The SMILES string of the molecule is CC1CCC(NCC2(C)CCCCC2O)C1. The van der Waals surface area contributed by atoms with E-state index in [0.717, 1.165) is 18.9 Å². The minimum Gasteiger partial charge on any atom is -0.393 e. The van der Waals surface area contributed by atoms with Crippen molar-refractivity contribution in [3.63, 3.8) is 0 Å². The van der Waals surface area contributed by atoms with Gasteiger partial charge in [0, 0.05) is 18.0 Å². The highest BCUT2D eigenvalue weighted by molar-refractivity contribution is 4.90. The summed E-state index contributed by atoms with van der Waals surface area (Å²) in [7, 11) is 0. The number of aliphatic hydroxyl groups is 1. The van der Waals surface area contributed by atoms with Gasteiger partial charge in [-0.3, -0.25) is 0 Å². The molecule has 2 aliphatic rings. The molecule has 94 valence electrons. The van der Waals surface area contributed by atoms with Crippen molar-refractivity contribution in [2.24, 2.45) is 11.3 Å². The van der Waals surface area contributed by atoms with Gasteiger partial charge in [0.2, 0.25) is 0 Å². The summed E-state index contributed by atoms with van der Waals surface area (Å²) >= 11 is 0. The standard InChI is InChI=1S/C14H27NO/c1-11-6-7-12(9-11)15-10-14(2)8-4-3-5-13(14)16/h11-13,15-16H,3-10H2,1-2H3. The number of nitrogens with one attached hydrogen (secondary N) is 1. The molecular weight excluding hydrogens is 198 g/mol. The minimum absolute atomic E-state index is 0.0902. The molecule has 2 heteroatoms. The van der Waals surface area contributed by atoms with Crippen LogP contribution in [0.3, 0.4) is 0 Å². The fourth-order valence-electron chi connectivity index (χ4n) is 3.36. The third kappa shape index (κ3) is 2.78. The van der Waals surface area contributed by atoms with Crippen molar-refractivity contribution in [1.82, 2.24) is 5.32 Å². The fourth-order valence-corrected chi connectivity index (χ4v) is 3.36. The van der Waals surface area contributed by atoms with E-state index < -0.39 is 0 Å². The number of hydrogen-bond donors (Lipinski definition) is 2. The van der Waals surface area contributed by atoms with Gasteiger partial charge in [-0.1, -0.05) is 26.7 Å². The molecule has 0 aromatic heterocycles. The predicted molar refractivity (Wildman–Crippen MR) is 67.4 cm³/mol. The van der Waals surface area contributed by atoms with E-state index in [1.165, 1.54) is 38.5 Å². The largest absolute Gasteiger partial charge is 0.393 e. The molecule has 2 saturated carbocycles. The monoisotopic (exact) mass is 225 g/mol. The summed E-state index contributed by atoms with van der Waals surface area (Å²) in [5.74, 6) is 0.890. The van der Waals surface area contributed by atoms with Crippen LogP contribution < -0.4 is 5.32 Å². The van der Waals surface area contributed by atoms with Gasteiger partial charge in [-0.25, -0.2) is 0 Å². The van der Waals surface area contributed by atoms with Crippen molar-refractivity contribution in [3.05, 3.63) is 0 Å². The first-order valence-corrected chi connectivity index (χ1v) is 7.01. The molecule has 2 N–H and O–H groups in total. The Morgan fingerprint density at radius 1 is 1.25 bits per heavy atom. The summed E-state index contributed by atoms with van der Waals surface area (Å²) < 4.78 is 0. The van der Waals surface area contributed by atoms with Crippen molar-refractivity contribution in [2.45, 2.75) is 70.9 Å². The van der Waals surface area contributed by atoms with E-state index in [2.05, 4.69) is 19.2 Å². The molecule has 0 radical (unpaired) electrons. The Morgan fingerprint density at radius 3 is 2.69 bits per heavy atom. The maximum atomic E-state index is 10.1. The van der Waals surface area contributed by atoms with Gasteiger partial charge in [-0.15, -0.1) is 0 Å². The summed E-state index contributed by atoms with van der Waals surface area (Å²) in [6.07, 6.45) is 8.61. The van der Waals surface area contributed by atoms with Crippen LogP contribution in [0.1, 0.15) is 58.8 Å². The van der Waals surface area contributed by atoms with Crippen molar-refractivity contribution in [2.75, 3.05) is 6.54 Å². The molecule has 0 aliphatic heterocycles. The van der Waals surface area contributed by atoms with Crippen LogP contribution in [0.4, 0.5) is 0 Å². The molecule has 0 spiro atoms. The van der Waals surface area contributed by atoms with Gasteiger partial charge >= 0.3 is 0 Å². The van der Waals surface area contributed by atoms with Crippen molar-refractivity contribution >= 4 is 0 Å². The second-order valence-corrected chi connectivity index (χ2v) is 6.41. The summed E-state index contributed by atoms with van der Waals surface area (Å²) in [5.41, 5.74) is 0.129.